The molecule has 1 aliphatic rings. The van der Waals surface area contributed by atoms with Crippen LogP contribution in [0.15, 0.2) is 40.9 Å². The molecular weight excluding hydrogens is 410 g/mol. The fourth-order valence-corrected chi connectivity index (χ4v) is 3.97. The molecular formula is C24H27N3O5. The predicted molar refractivity (Wildman–Crippen MR) is 118 cm³/mol. The number of rotatable bonds is 6. The minimum atomic E-state index is -0.0126. The van der Waals surface area contributed by atoms with E-state index in [2.05, 4.69) is 10.1 Å². The van der Waals surface area contributed by atoms with Gasteiger partial charge in [-0.15, -0.1) is 0 Å². The number of aromatic nitrogens is 2. The summed E-state index contributed by atoms with van der Waals surface area (Å²) < 4.78 is 21.8. The molecule has 0 saturated carbocycles. The molecule has 2 aromatic carbocycles. The van der Waals surface area contributed by atoms with Crippen LogP contribution in [0.5, 0.6) is 17.2 Å². The molecule has 0 radical (unpaired) electrons. The van der Waals surface area contributed by atoms with E-state index in [4.69, 9.17) is 18.7 Å². The summed E-state index contributed by atoms with van der Waals surface area (Å²) in [5.41, 5.74) is 2.51. The van der Waals surface area contributed by atoms with Gasteiger partial charge in [-0.1, -0.05) is 22.9 Å². The van der Waals surface area contributed by atoms with Crippen LogP contribution in [-0.2, 0) is 0 Å². The molecule has 1 atom stereocenters. The number of carbonyl (C=O) groups is 1. The maximum absolute atomic E-state index is 12.9. The molecule has 0 N–H and O–H groups in total. The normalized spacial score (nSPS) is 16.0. The van der Waals surface area contributed by atoms with Gasteiger partial charge in [0, 0.05) is 24.2 Å². The summed E-state index contributed by atoms with van der Waals surface area (Å²) in [4.78, 5) is 19.4. The van der Waals surface area contributed by atoms with Crippen LogP contribution < -0.4 is 14.2 Å². The molecule has 1 aliphatic heterocycles. The Morgan fingerprint density at radius 3 is 2.38 bits per heavy atom. The van der Waals surface area contributed by atoms with Crippen LogP contribution in [0.4, 0.5) is 0 Å². The third-order valence-electron chi connectivity index (χ3n) is 5.72. The van der Waals surface area contributed by atoms with Crippen molar-refractivity contribution >= 4 is 5.91 Å². The van der Waals surface area contributed by atoms with Crippen molar-refractivity contribution in [3.05, 3.63) is 53.4 Å². The van der Waals surface area contributed by atoms with Gasteiger partial charge in [-0.2, -0.15) is 4.98 Å². The molecule has 0 unspecified atom stereocenters. The monoisotopic (exact) mass is 437 g/mol. The van der Waals surface area contributed by atoms with Gasteiger partial charge >= 0.3 is 0 Å². The van der Waals surface area contributed by atoms with Crippen LogP contribution in [0.25, 0.3) is 11.4 Å². The zero-order valence-electron chi connectivity index (χ0n) is 18.8. The van der Waals surface area contributed by atoms with Crippen molar-refractivity contribution in [1.29, 1.82) is 0 Å². The first-order chi connectivity index (χ1) is 15.5. The Morgan fingerprint density at radius 2 is 1.75 bits per heavy atom. The van der Waals surface area contributed by atoms with Crippen molar-refractivity contribution in [3.8, 4) is 28.6 Å². The van der Waals surface area contributed by atoms with Crippen LogP contribution >= 0.6 is 0 Å². The second-order valence-corrected chi connectivity index (χ2v) is 7.83. The highest BCUT2D eigenvalue weighted by molar-refractivity contribution is 5.94. The van der Waals surface area contributed by atoms with Gasteiger partial charge in [0.15, 0.2) is 11.5 Å². The molecule has 8 heteroatoms. The average molecular weight is 437 g/mol. The number of ether oxygens (including phenoxy) is 3. The van der Waals surface area contributed by atoms with E-state index < -0.39 is 0 Å². The first kappa shape index (κ1) is 21.7. The third kappa shape index (κ3) is 4.26. The fourth-order valence-electron chi connectivity index (χ4n) is 3.97. The lowest BCUT2D eigenvalue weighted by Gasteiger charge is -2.31. The largest absolute Gasteiger partial charge is 0.493 e. The van der Waals surface area contributed by atoms with Crippen molar-refractivity contribution in [2.75, 3.05) is 34.4 Å². The summed E-state index contributed by atoms with van der Waals surface area (Å²) in [5, 5.41) is 4.16. The number of methoxy groups -OCH3 is 3. The summed E-state index contributed by atoms with van der Waals surface area (Å²) in [6.45, 7) is 3.27. The van der Waals surface area contributed by atoms with Crippen molar-refractivity contribution in [2.45, 2.75) is 25.7 Å². The van der Waals surface area contributed by atoms with Gasteiger partial charge in [-0.25, -0.2) is 0 Å². The van der Waals surface area contributed by atoms with Crippen LogP contribution in [-0.4, -0.2) is 55.4 Å². The number of likely N-dealkylation sites (tertiary alicyclic amines) is 1. The predicted octanol–water partition coefficient (Wildman–Crippen LogP) is 4.09. The molecule has 32 heavy (non-hydrogen) atoms. The summed E-state index contributed by atoms with van der Waals surface area (Å²) in [6, 6.07) is 11.2. The summed E-state index contributed by atoms with van der Waals surface area (Å²) in [6.07, 6.45) is 1.76. The summed E-state index contributed by atoms with van der Waals surface area (Å²) in [7, 11) is 4.67. The fraction of sp³-hybridized carbons (Fsp3) is 0.375. The van der Waals surface area contributed by atoms with Crippen LogP contribution in [0, 0.1) is 6.92 Å². The summed E-state index contributed by atoms with van der Waals surface area (Å²) >= 11 is 0. The second-order valence-electron chi connectivity index (χ2n) is 7.83. The van der Waals surface area contributed by atoms with Gasteiger partial charge in [-0.3, -0.25) is 4.79 Å². The van der Waals surface area contributed by atoms with Crippen molar-refractivity contribution < 1.29 is 23.5 Å². The highest BCUT2D eigenvalue weighted by Gasteiger charge is 2.29. The zero-order valence-corrected chi connectivity index (χ0v) is 18.8. The Bertz CT molecular complexity index is 1070. The molecule has 0 aliphatic carbocycles. The Hall–Kier alpha value is -3.55. The van der Waals surface area contributed by atoms with E-state index >= 15 is 0 Å². The van der Waals surface area contributed by atoms with Gasteiger partial charge < -0.3 is 23.6 Å². The van der Waals surface area contributed by atoms with Crippen LogP contribution in [0.1, 0.15) is 40.6 Å². The smallest absolute Gasteiger partial charge is 0.253 e. The van der Waals surface area contributed by atoms with E-state index in [1.165, 1.54) is 0 Å². The van der Waals surface area contributed by atoms with Crippen LogP contribution in [0.3, 0.4) is 0 Å². The average Bonchev–Trinajstić information content (AvgIpc) is 3.33. The molecule has 0 spiro atoms. The van der Waals surface area contributed by atoms with E-state index in [1.54, 1.807) is 33.5 Å². The maximum Gasteiger partial charge on any atom is 0.253 e. The lowest BCUT2D eigenvalue weighted by molar-refractivity contribution is 0.0695. The number of benzene rings is 2. The van der Waals surface area contributed by atoms with Crippen molar-refractivity contribution in [2.24, 2.45) is 0 Å². The quantitative estimate of drug-likeness (QED) is 0.574. The van der Waals surface area contributed by atoms with Gasteiger partial charge in [-0.05, 0) is 44.0 Å². The molecule has 8 nitrogen and oxygen atoms in total. The molecule has 2 heterocycles. The van der Waals surface area contributed by atoms with Gasteiger partial charge in [0.1, 0.15) is 0 Å². The molecule has 3 aromatic rings. The Labute approximate surface area is 187 Å². The van der Waals surface area contributed by atoms with Gasteiger partial charge in [0.05, 0.1) is 27.2 Å². The van der Waals surface area contributed by atoms with Gasteiger partial charge in [0.2, 0.25) is 17.5 Å². The number of hydrogen-bond acceptors (Lipinski definition) is 7. The summed E-state index contributed by atoms with van der Waals surface area (Å²) in [5.74, 6) is 2.50. The molecule has 1 fully saturated rings. The van der Waals surface area contributed by atoms with E-state index in [1.807, 2.05) is 36.1 Å². The van der Waals surface area contributed by atoms with Gasteiger partial charge in [0.25, 0.3) is 5.91 Å². The Kier molecular flexibility index (Phi) is 6.30. The molecule has 1 aromatic heterocycles. The highest BCUT2D eigenvalue weighted by Crippen LogP contribution is 2.41. The molecule has 1 amide bonds. The molecule has 168 valence electrons. The number of amides is 1. The lowest BCUT2D eigenvalue weighted by atomic mass is 9.97. The number of aryl methyl sites for hydroxylation is 1. The Morgan fingerprint density at radius 1 is 1.06 bits per heavy atom. The van der Waals surface area contributed by atoms with E-state index in [-0.39, 0.29) is 11.8 Å². The lowest BCUT2D eigenvalue weighted by Crippen LogP contribution is -2.39. The van der Waals surface area contributed by atoms with E-state index in [0.717, 1.165) is 24.9 Å². The van der Waals surface area contributed by atoms with Crippen molar-refractivity contribution in [1.82, 2.24) is 15.0 Å². The molecule has 4 rings (SSSR count). The second kappa shape index (κ2) is 9.30. The van der Waals surface area contributed by atoms with E-state index in [9.17, 15) is 4.79 Å². The van der Waals surface area contributed by atoms with Crippen molar-refractivity contribution in [3.63, 3.8) is 0 Å². The van der Waals surface area contributed by atoms with E-state index in [0.29, 0.717) is 46.6 Å². The minimum absolute atomic E-state index is 0.0126. The first-order valence-corrected chi connectivity index (χ1v) is 10.5. The highest BCUT2D eigenvalue weighted by atomic mass is 16.5. The zero-order chi connectivity index (χ0) is 22.7. The number of nitrogens with zero attached hydrogens (tertiary/aromatic N) is 3. The topological polar surface area (TPSA) is 86.9 Å². The molecule has 1 saturated heterocycles. The Balaban J connectivity index is 1.54. The minimum Gasteiger partial charge on any atom is -0.493 e. The number of piperidine rings is 1. The SMILES string of the molecule is COc1cc(-c2noc([C@H]3CCCN(C(=O)c4ccc(C)cc4)C3)n2)cc(OC)c1OC. The third-order valence-corrected chi connectivity index (χ3v) is 5.72. The first-order valence-electron chi connectivity index (χ1n) is 10.5. The van der Waals surface area contributed by atoms with Crippen LogP contribution in [0.2, 0.25) is 0 Å². The molecule has 0 bridgehead atoms. The maximum atomic E-state index is 12.9. The number of carbonyl (C=O) groups excluding carboxylic acids is 1. The number of hydrogen-bond donors (Lipinski definition) is 0. The standard InChI is InChI=1S/C24H27N3O5/c1-15-7-9-16(10-8-15)24(28)27-11-5-6-17(14-27)23-25-22(26-32-23)18-12-19(29-2)21(31-4)20(13-18)30-3/h7-10,12-13,17H,5-6,11,14H2,1-4H3/t17-/m0/s1.